The summed E-state index contributed by atoms with van der Waals surface area (Å²) in [5.41, 5.74) is 3.02. The number of amides is 2. The van der Waals surface area contributed by atoms with E-state index in [0.717, 1.165) is 24.9 Å². The van der Waals surface area contributed by atoms with Gasteiger partial charge in [-0.1, -0.05) is 6.92 Å². The van der Waals surface area contributed by atoms with Gasteiger partial charge in [0.15, 0.2) is 23.0 Å². The number of aromatic nitrogens is 3. The molecule has 43 heavy (non-hydrogen) atoms. The maximum atomic E-state index is 14.8. The predicted octanol–water partition coefficient (Wildman–Crippen LogP) is 4.03. The number of ether oxygens (including phenoxy) is 1. The third-order valence-electron chi connectivity index (χ3n) is 8.19. The van der Waals surface area contributed by atoms with Crippen LogP contribution in [-0.4, -0.2) is 81.9 Å². The summed E-state index contributed by atoms with van der Waals surface area (Å²) in [6.07, 6.45) is 7.15. The van der Waals surface area contributed by atoms with Gasteiger partial charge in [0.1, 0.15) is 0 Å². The zero-order valence-corrected chi connectivity index (χ0v) is 24.1. The summed E-state index contributed by atoms with van der Waals surface area (Å²) in [6.45, 7) is 4.90. The number of fused-ring (bicyclic) bond motifs is 1. The Morgan fingerprint density at radius 1 is 1.07 bits per heavy atom. The first-order chi connectivity index (χ1) is 20.9. The number of rotatable bonds is 7. The molecule has 224 valence electrons. The van der Waals surface area contributed by atoms with Crippen LogP contribution in [0.25, 0.3) is 16.9 Å². The van der Waals surface area contributed by atoms with Gasteiger partial charge < -0.3 is 25.2 Å². The molecule has 0 radical (unpaired) electrons. The molecule has 4 heterocycles. The van der Waals surface area contributed by atoms with Crippen LogP contribution >= 0.6 is 0 Å². The van der Waals surface area contributed by atoms with Crippen molar-refractivity contribution in [2.75, 3.05) is 45.2 Å². The number of aryl methyl sites for hydroxylation is 1. The standard InChI is InChI=1S/C31H33F2N7O3/c1-3-19-17-20(6-7-21(19)30(41)38-13-15-39(16-14-38)31(42)23-5-4-10-34-23)37-28-29-36-18-24(40(29)12-11-35-28)22-8-9-25(43-2)27(33)26(22)32/h6-9,11-12,17-18,23,34H,3-5,10,13-16H2,1-2H3,(H,35,37)/t23-/m0/s1. The summed E-state index contributed by atoms with van der Waals surface area (Å²) in [5, 5.41) is 6.52. The number of carbonyl (C=O) groups excluding carboxylic acids is 2. The van der Waals surface area contributed by atoms with E-state index >= 15 is 0 Å². The lowest BCUT2D eigenvalue weighted by Crippen LogP contribution is -2.54. The number of anilines is 2. The molecular formula is C31H33F2N7O3. The minimum Gasteiger partial charge on any atom is -0.494 e. The van der Waals surface area contributed by atoms with Crippen molar-refractivity contribution in [3.63, 3.8) is 0 Å². The van der Waals surface area contributed by atoms with E-state index in [0.29, 0.717) is 61.0 Å². The average molecular weight is 590 g/mol. The molecule has 2 fully saturated rings. The van der Waals surface area contributed by atoms with Crippen molar-refractivity contribution in [1.82, 2.24) is 29.5 Å². The van der Waals surface area contributed by atoms with Crippen molar-refractivity contribution in [1.29, 1.82) is 0 Å². The molecule has 2 aliphatic heterocycles. The second-order valence-electron chi connectivity index (χ2n) is 10.7. The summed E-state index contributed by atoms with van der Waals surface area (Å²) < 4.78 is 35.8. The topological polar surface area (TPSA) is 104 Å². The molecule has 4 aromatic rings. The summed E-state index contributed by atoms with van der Waals surface area (Å²) in [6, 6.07) is 8.24. The maximum absolute atomic E-state index is 14.8. The number of piperazine rings is 1. The van der Waals surface area contributed by atoms with Gasteiger partial charge in [0.05, 0.1) is 25.0 Å². The fraction of sp³-hybridized carbons (Fsp3) is 0.355. The summed E-state index contributed by atoms with van der Waals surface area (Å²) in [5.74, 6) is -1.78. The number of nitrogens with one attached hydrogen (secondary N) is 2. The van der Waals surface area contributed by atoms with Crippen molar-refractivity contribution in [3.8, 4) is 17.0 Å². The van der Waals surface area contributed by atoms with E-state index in [1.54, 1.807) is 22.9 Å². The number of hydrogen-bond acceptors (Lipinski definition) is 7. The zero-order chi connectivity index (χ0) is 30.1. The molecule has 2 aliphatic rings. The van der Waals surface area contributed by atoms with E-state index in [1.807, 2.05) is 28.9 Å². The van der Waals surface area contributed by atoms with Gasteiger partial charge in [0.2, 0.25) is 11.7 Å². The fourth-order valence-corrected chi connectivity index (χ4v) is 5.82. The smallest absolute Gasteiger partial charge is 0.254 e. The van der Waals surface area contributed by atoms with Gasteiger partial charge in [-0.3, -0.25) is 14.0 Å². The van der Waals surface area contributed by atoms with Gasteiger partial charge in [-0.15, -0.1) is 0 Å². The Labute approximate surface area is 247 Å². The van der Waals surface area contributed by atoms with Crippen LogP contribution in [0, 0.1) is 11.6 Å². The molecule has 2 aromatic heterocycles. The molecule has 1 atom stereocenters. The third-order valence-corrected chi connectivity index (χ3v) is 8.19. The lowest BCUT2D eigenvalue weighted by molar-refractivity contribution is -0.134. The molecule has 0 aliphatic carbocycles. The Morgan fingerprint density at radius 2 is 1.86 bits per heavy atom. The van der Waals surface area contributed by atoms with E-state index < -0.39 is 11.6 Å². The highest BCUT2D eigenvalue weighted by atomic mass is 19.2. The number of methoxy groups -OCH3 is 1. The van der Waals surface area contributed by atoms with Gasteiger partial charge in [-0.2, -0.15) is 4.39 Å². The highest BCUT2D eigenvalue weighted by Crippen LogP contribution is 2.32. The van der Waals surface area contributed by atoms with Crippen LogP contribution in [0.4, 0.5) is 20.3 Å². The van der Waals surface area contributed by atoms with Gasteiger partial charge in [-0.25, -0.2) is 14.4 Å². The van der Waals surface area contributed by atoms with Gasteiger partial charge >= 0.3 is 0 Å². The van der Waals surface area contributed by atoms with Crippen LogP contribution in [0.3, 0.4) is 0 Å². The van der Waals surface area contributed by atoms with Gasteiger partial charge in [0.25, 0.3) is 5.91 Å². The van der Waals surface area contributed by atoms with Crippen molar-refractivity contribution in [2.24, 2.45) is 0 Å². The number of imidazole rings is 1. The molecular weight excluding hydrogens is 556 g/mol. The quantitative estimate of drug-likeness (QED) is 0.336. The molecule has 0 saturated carbocycles. The number of nitrogens with zero attached hydrogens (tertiary/aromatic N) is 5. The van der Waals surface area contributed by atoms with Crippen molar-refractivity contribution < 1.29 is 23.1 Å². The minimum atomic E-state index is -1.07. The lowest BCUT2D eigenvalue weighted by atomic mass is 10.0. The predicted molar refractivity (Wildman–Crippen MR) is 158 cm³/mol. The number of hydrogen-bond donors (Lipinski definition) is 2. The van der Waals surface area contributed by atoms with Gasteiger partial charge in [0, 0.05) is 55.4 Å². The zero-order valence-electron chi connectivity index (χ0n) is 24.1. The third kappa shape index (κ3) is 5.38. The molecule has 0 spiro atoms. The van der Waals surface area contributed by atoms with E-state index in [-0.39, 0.29) is 29.2 Å². The Hall–Kier alpha value is -4.58. The largest absolute Gasteiger partial charge is 0.494 e. The second kappa shape index (κ2) is 12.0. The lowest BCUT2D eigenvalue weighted by Gasteiger charge is -2.36. The van der Waals surface area contributed by atoms with Gasteiger partial charge in [-0.05, 0) is 61.7 Å². The molecule has 0 bridgehead atoms. The van der Waals surface area contributed by atoms with Crippen LogP contribution in [0.2, 0.25) is 0 Å². The van der Waals surface area contributed by atoms with Crippen LogP contribution in [0.15, 0.2) is 48.9 Å². The molecule has 12 heteroatoms. The molecule has 10 nitrogen and oxygen atoms in total. The van der Waals surface area contributed by atoms with E-state index in [1.165, 1.54) is 25.4 Å². The summed E-state index contributed by atoms with van der Waals surface area (Å²) >= 11 is 0. The number of benzene rings is 2. The molecule has 6 rings (SSSR count). The molecule has 2 N–H and O–H groups in total. The SMILES string of the molecule is CCc1cc(Nc2nccn3c(-c4ccc(OC)c(F)c4F)cnc23)ccc1C(=O)N1CCN(C(=O)[C@@H]2CCCN2)CC1. The Balaban J connectivity index is 1.19. The average Bonchev–Trinajstić information content (AvgIpc) is 3.73. The fourth-order valence-electron chi connectivity index (χ4n) is 5.82. The Kier molecular flexibility index (Phi) is 7.94. The van der Waals surface area contributed by atoms with E-state index in [9.17, 15) is 18.4 Å². The number of carbonyl (C=O) groups is 2. The van der Waals surface area contributed by atoms with E-state index in [4.69, 9.17) is 4.74 Å². The van der Waals surface area contributed by atoms with Crippen molar-refractivity contribution in [3.05, 3.63) is 71.7 Å². The first kappa shape index (κ1) is 28.5. The normalized spacial score (nSPS) is 17.0. The molecule has 2 aromatic carbocycles. The molecule has 0 unspecified atom stereocenters. The van der Waals surface area contributed by atoms with Crippen molar-refractivity contribution in [2.45, 2.75) is 32.2 Å². The maximum Gasteiger partial charge on any atom is 0.254 e. The Morgan fingerprint density at radius 3 is 2.58 bits per heavy atom. The summed E-state index contributed by atoms with van der Waals surface area (Å²) in [4.78, 5) is 38.7. The van der Waals surface area contributed by atoms with E-state index in [2.05, 4.69) is 20.6 Å². The van der Waals surface area contributed by atoms with Crippen LogP contribution in [-0.2, 0) is 11.2 Å². The Bertz CT molecular complexity index is 1680. The highest BCUT2D eigenvalue weighted by molar-refractivity contribution is 5.96. The second-order valence-corrected chi connectivity index (χ2v) is 10.7. The molecule has 2 saturated heterocycles. The van der Waals surface area contributed by atoms with Crippen LogP contribution in [0.1, 0.15) is 35.7 Å². The molecule has 2 amide bonds. The monoisotopic (exact) mass is 589 g/mol. The highest BCUT2D eigenvalue weighted by Gasteiger charge is 2.31. The first-order valence-electron chi connectivity index (χ1n) is 14.5. The van der Waals surface area contributed by atoms with Crippen LogP contribution < -0.4 is 15.4 Å². The van der Waals surface area contributed by atoms with Crippen molar-refractivity contribution >= 4 is 29.0 Å². The number of halogens is 2. The van der Waals surface area contributed by atoms with Crippen LogP contribution in [0.5, 0.6) is 5.75 Å². The summed E-state index contributed by atoms with van der Waals surface area (Å²) in [7, 11) is 1.28. The first-order valence-corrected chi connectivity index (χ1v) is 14.5. The minimum absolute atomic E-state index is 0.0412.